The lowest BCUT2D eigenvalue weighted by Crippen LogP contribution is -2.31. The van der Waals surface area contributed by atoms with Gasteiger partial charge in [-0.25, -0.2) is 9.37 Å². The number of thiazole rings is 1. The molecule has 0 radical (unpaired) electrons. The van der Waals surface area contributed by atoms with Crippen molar-refractivity contribution in [1.29, 1.82) is 0 Å². The molecule has 6 heteroatoms. The number of amides is 1. The Hall–Kier alpha value is -2.99. The lowest BCUT2D eigenvalue weighted by Gasteiger charge is -2.19. The molecule has 0 bridgehead atoms. The second-order valence-electron chi connectivity index (χ2n) is 6.77. The van der Waals surface area contributed by atoms with Crippen molar-refractivity contribution in [3.8, 4) is 0 Å². The number of fused-ring (bicyclic) bond motifs is 1. The molecule has 0 N–H and O–H groups in total. The van der Waals surface area contributed by atoms with E-state index in [-0.39, 0.29) is 24.7 Å². The van der Waals surface area contributed by atoms with Crippen LogP contribution in [0.25, 0.3) is 10.2 Å². The minimum atomic E-state index is -0.318. The van der Waals surface area contributed by atoms with E-state index in [1.54, 1.807) is 23.3 Å². The maximum Gasteiger partial charge on any atom is 0.233 e. The Labute approximate surface area is 166 Å². The normalized spacial score (nSPS) is 11.1. The van der Waals surface area contributed by atoms with Gasteiger partial charge in [0.15, 0.2) is 5.13 Å². The topological polar surface area (TPSA) is 46.3 Å². The van der Waals surface area contributed by atoms with Crippen LogP contribution >= 0.6 is 11.3 Å². The fraction of sp³-hybridized carbons (Fsp3) is 0.182. The van der Waals surface area contributed by atoms with E-state index in [0.29, 0.717) is 21.1 Å². The van der Waals surface area contributed by atoms with Gasteiger partial charge in [0.1, 0.15) is 11.6 Å². The van der Waals surface area contributed by atoms with Crippen LogP contribution in [-0.2, 0) is 17.8 Å². The van der Waals surface area contributed by atoms with E-state index in [4.69, 9.17) is 4.42 Å². The smallest absolute Gasteiger partial charge is 0.233 e. The molecule has 4 nitrogen and oxygen atoms in total. The summed E-state index contributed by atoms with van der Waals surface area (Å²) in [6.45, 7) is 4.31. The summed E-state index contributed by atoms with van der Waals surface area (Å²) >= 11 is 1.30. The number of furan rings is 1. The molecule has 0 saturated carbocycles. The van der Waals surface area contributed by atoms with Crippen molar-refractivity contribution in [2.24, 2.45) is 0 Å². The zero-order chi connectivity index (χ0) is 19.7. The molecule has 0 unspecified atom stereocenters. The average Bonchev–Trinajstić information content (AvgIpc) is 3.30. The maximum absolute atomic E-state index is 13.6. The summed E-state index contributed by atoms with van der Waals surface area (Å²) in [6.07, 6.45) is 1.84. The molecule has 2 aromatic heterocycles. The first-order chi connectivity index (χ1) is 13.5. The molecular weight excluding hydrogens is 375 g/mol. The molecule has 0 saturated heterocycles. The number of hydrogen-bond donors (Lipinski definition) is 0. The van der Waals surface area contributed by atoms with Gasteiger partial charge in [-0.15, -0.1) is 0 Å². The van der Waals surface area contributed by atoms with Crippen LogP contribution in [0.2, 0.25) is 0 Å². The SMILES string of the molecule is Cc1ccc(CC(=O)N(Cc2ccco2)c2nc3ccc(F)cc3s2)c(C)c1. The van der Waals surface area contributed by atoms with Crippen molar-refractivity contribution in [2.75, 3.05) is 4.90 Å². The van der Waals surface area contributed by atoms with Gasteiger partial charge in [-0.3, -0.25) is 9.69 Å². The van der Waals surface area contributed by atoms with Crippen LogP contribution in [0, 0.1) is 19.7 Å². The number of halogens is 1. The van der Waals surface area contributed by atoms with E-state index < -0.39 is 0 Å². The predicted octanol–water partition coefficient (Wildman–Crippen LogP) is 5.42. The van der Waals surface area contributed by atoms with E-state index in [1.165, 1.54) is 23.5 Å². The Morgan fingerprint density at radius 1 is 1.18 bits per heavy atom. The van der Waals surface area contributed by atoms with Crippen LogP contribution in [0.5, 0.6) is 0 Å². The van der Waals surface area contributed by atoms with Gasteiger partial charge in [-0.2, -0.15) is 0 Å². The molecule has 0 fully saturated rings. The third kappa shape index (κ3) is 3.82. The number of carbonyl (C=O) groups excluding carboxylic acids is 1. The first-order valence-electron chi connectivity index (χ1n) is 8.94. The summed E-state index contributed by atoms with van der Waals surface area (Å²) < 4.78 is 19.7. The molecule has 28 heavy (non-hydrogen) atoms. The Balaban J connectivity index is 1.68. The molecular formula is C22H19FN2O2S. The third-order valence-electron chi connectivity index (χ3n) is 4.60. The van der Waals surface area contributed by atoms with E-state index >= 15 is 0 Å². The van der Waals surface area contributed by atoms with Gasteiger partial charge >= 0.3 is 0 Å². The number of anilines is 1. The zero-order valence-corrected chi connectivity index (χ0v) is 16.4. The van der Waals surface area contributed by atoms with E-state index in [2.05, 4.69) is 11.1 Å². The third-order valence-corrected chi connectivity index (χ3v) is 5.65. The first-order valence-corrected chi connectivity index (χ1v) is 9.76. The maximum atomic E-state index is 13.6. The summed E-state index contributed by atoms with van der Waals surface area (Å²) in [7, 11) is 0. The van der Waals surface area contributed by atoms with Crippen LogP contribution in [-0.4, -0.2) is 10.9 Å². The second-order valence-corrected chi connectivity index (χ2v) is 7.78. The number of benzene rings is 2. The summed E-state index contributed by atoms with van der Waals surface area (Å²) in [5.41, 5.74) is 3.89. The van der Waals surface area contributed by atoms with Crippen molar-refractivity contribution in [3.05, 3.63) is 83.1 Å². The van der Waals surface area contributed by atoms with Gasteiger partial charge < -0.3 is 4.42 Å². The highest BCUT2D eigenvalue weighted by Gasteiger charge is 2.22. The number of carbonyl (C=O) groups is 1. The Morgan fingerprint density at radius 3 is 2.79 bits per heavy atom. The summed E-state index contributed by atoms with van der Waals surface area (Å²) in [6, 6.07) is 14.1. The molecule has 0 atom stereocenters. The lowest BCUT2D eigenvalue weighted by molar-refractivity contribution is -0.118. The van der Waals surface area contributed by atoms with Crippen molar-refractivity contribution < 1.29 is 13.6 Å². The average molecular weight is 394 g/mol. The molecule has 2 heterocycles. The highest BCUT2D eigenvalue weighted by molar-refractivity contribution is 7.22. The Kier molecular flexibility index (Phi) is 4.96. The second kappa shape index (κ2) is 7.56. The molecule has 0 aliphatic carbocycles. The fourth-order valence-corrected chi connectivity index (χ4v) is 4.13. The first kappa shape index (κ1) is 18.4. The van der Waals surface area contributed by atoms with Crippen LogP contribution in [0.4, 0.5) is 9.52 Å². The van der Waals surface area contributed by atoms with Crippen molar-refractivity contribution in [2.45, 2.75) is 26.8 Å². The van der Waals surface area contributed by atoms with Gasteiger partial charge in [-0.05, 0) is 55.3 Å². The highest BCUT2D eigenvalue weighted by atomic mass is 32.1. The van der Waals surface area contributed by atoms with Gasteiger partial charge in [-0.1, -0.05) is 35.1 Å². The highest BCUT2D eigenvalue weighted by Crippen LogP contribution is 2.31. The molecule has 4 aromatic rings. The Morgan fingerprint density at radius 2 is 2.04 bits per heavy atom. The quantitative estimate of drug-likeness (QED) is 0.454. The summed E-state index contributed by atoms with van der Waals surface area (Å²) in [5.74, 6) is 0.268. The number of aryl methyl sites for hydroxylation is 2. The van der Waals surface area contributed by atoms with Crippen LogP contribution in [0.3, 0.4) is 0 Å². The molecule has 4 rings (SSSR count). The van der Waals surface area contributed by atoms with E-state index in [0.717, 1.165) is 16.7 Å². The van der Waals surface area contributed by atoms with Gasteiger partial charge in [0.2, 0.25) is 5.91 Å². The molecule has 0 aliphatic heterocycles. The number of rotatable bonds is 5. The van der Waals surface area contributed by atoms with Crippen LogP contribution in [0.1, 0.15) is 22.5 Å². The molecule has 2 aromatic carbocycles. The summed E-state index contributed by atoms with van der Waals surface area (Å²) in [5, 5.41) is 0.534. The van der Waals surface area contributed by atoms with Crippen molar-refractivity contribution in [3.63, 3.8) is 0 Å². The Bertz CT molecular complexity index is 1130. The number of nitrogens with zero attached hydrogens (tertiary/aromatic N) is 2. The van der Waals surface area contributed by atoms with Crippen molar-refractivity contribution in [1.82, 2.24) is 4.98 Å². The van der Waals surface area contributed by atoms with Crippen LogP contribution < -0.4 is 4.90 Å². The van der Waals surface area contributed by atoms with Gasteiger partial charge in [0.05, 0.1) is 29.4 Å². The molecule has 0 spiro atoms. The van der Waals surface area contributed by atoms with Crippen LogP contribution in [0.15, 0.2) is 59.2 Å². The number of aromatic nitrogens is 1. The summed E-state index contributed by atoms with van der Waals surface area (Å²) in [4.78, 5) is 19.4. The standard InChI is InChI=1S/C22H19FN2O2S/c1-14-5-6-16(15(2)10-14)11-21(26)25(13-18-4-3-9-27-18)22-24-19-8-7-17(23)12-20(19)28-22/h3-10,12H,11,13H2,1-2H3. The van der Waals surface area contributed by atoms with E-state index in [1.807, 2.05) is 32.0 Å². The van der Waals surface area contributed by atoms with Gasteiger partial charge in [0.25, 0.3) is 0 Å². The van der Waals surface area contributed by atoms with Crippen molar-refractivity contribution >= 4 is 32.6 Å². The van der Waals surface area contributed by atoms with E-state index in [9.17, 15) is 9.18 Å². The minimum absolute atomic E-state index is 0.0807. The molecule has 142 valence electrons. The molecule has 0 aliphatic rings. The predicted molar refractivity (Wildman–Crippen MR) is 109 cm³/mol. The molecule has 1 amide bonds. The number of hydrogen-bond acceptors (Lipinski definition) is 4. The fourth-order valence-electron chi connectivity index (χ4n) is 3.13. The lowest BCUT2D eigenvalue weighted by atomic mass is 10.0. The monoisotopic (exact) mass is 394 g/mol. The van der Waals surface area contributed by atoms with Gasteiger partial charge in [0, 0.05) is 0 Å². The largest absolute Gasteiger partial charge is 0.467 e. The zero-order valence-electron chi connectivity index (χ0n) is 15.6. The minimum Gasteiger partial charge on any atom is -0.467 e.